The first-order valence-corrected chi connectivity index (χ1v) is 7.92. The van der Waals surface area contributed by atoms with Gasteiger partial charge in [-0.1, -0.05) is 36.4 Å². The Balaban J connectivity index is 2.05. The lowest BCUT2D eigenvalue weighted by Gasteiger charge is -2.16. The van der Waals surface area contributed by atoms with E-state index in [9.17, 15) is 4.79 Å². The highest BCUT2D eigenvalue weighted by Gasteiger charge is 2.14. The summed E-state index contributed by atoms with van der Waals surface area (Å²) in [6.07, 6.45) is -0.0805. The molecule has 5 heteroatoms. The Morgan fingerprint density at radius 3 is 2.62 bits per heavy atom. The zero-order valence-corrected chi connectivity index (χ0v) is 14.1. The number of nitrogens with two attached hydrogens (primary N) is 1. The molecule has 2 rings (SSSR count). The maximum atomic E-state index is 12.1. The standard InChI is InChI=1S/C19H24N2O3/c1-14-8-9-17(21-19(22)11-16(12-20)23-2)18(10-14)24-13-15-6-4-3-5-7-15/h3-10,16H,11-13,20H2,1-2H3,(H,21,22). The molecule has 0 saturated heterocycles. The molecule has 0 aliphatic carbocycles. The molecule has 0 aliphatic rings. The SMILES string of the molecule is COC(CN)CC(=O)Nc1ccc(C)cc1OCc1ccccc1. The molecule has 1 atom stereocenters. The van der Waals surface area contributed by atoms with Crippen molar-refractivity contribution < 1.29 is 14.3 Å². The van der Waals surface area contributed by atoms with E-state index in [0.29, 0.717) is 24.6 Å². The highest BCUT2D eigenvalue weighted by atomic mass is 16.5. The Morgan fingerprint density at radius 2 is 1.96 bits per heavy atom. The van der Waals surface area contributed by atoms with E-state index in [1.807, 2.05) is 55.5 Å². The molecule has 0 spiro atoms. The van der Waals surface area contributed by atoms with Gasteiger partial charge in [0.1, 0.15) is 12.4 Å². The van der Waals surface area contributed by atoms with Crippen molar-refractivity contribution in [3.05, 3.63) is 59.7 Å². The first-order valence-electron chi connectivity index (χ1n) is 7.92. The van der Waals surface area contributed by atoms with Gasteiger partial charge in [-0.05, 0) is 30.2 Å². The molecular formula is C19H24N2O3. The quantitative estimate of drug-likeness (QED) is 0.781. The van der Waals surface area contributed by atoms with Crippen molar-refractivity contribution >= 4 is 11.6 Å². The number of carbonyl (C=O) groups is 1. The van der Waals surface area contributed by atoms with Gasteiger partial charge in [0, 0.05) is 13.7 Å². The van der Waals surface area contributed by atoms with Gasteiger partial charge in [-0.25, -0.2) is 0 Å². The van der Waals surface area contributed by atoms with Gasteiger partial charge in [-0.3, -0.25) is 4.79 Å². The molecule has 0 aliphatic heterocycles. The van der Waals surface area contributed by atoms with Crippen LogP contribution in [0.15, 0.2) is 48.5 Å². The summed E-state index contributed by atoms with van der Waals surface area (Å²) in [5, 5.41) is 2.87. The Morgan fingerprint density at radius 1 is 1.21 bits per heavy atom. The lowest BCUT2D eigenvalue weighted by atomic mass is 10.2. The van der Waals surface area contributed by atoms with Crippen LogP contribution in [0.1, 0.15) is 17.5 Å². The molecule has 1 amide bonds. The maximum absolute atomic E-state index is 12.1. The largest absolute Gasteiger partial charge is 0.487 e. The number of hydrogen-bond donors (Lipinski definition) is 2. The highest BCUT2D eigenvalue weighted by Crippen LogP contribution is 2.27. The average Bonchev–Trinajstić information content (AvgIpc) is 2.60. The Hall–Kier alpha value is -2.37. The van der Waals surface area contributed by atoms with E-state index in [4.69, 9.17) is 15.2 Å². The van der Waals surface area contributed by atoms with E-state index in [1.54, 1.807) is 7.11 Å². The van der Waals surface area contributed by atoms with Gasteiger partial charge < -0.3 is 20.5 Å². The number of nitrogens with one attached hydrogen (secondary N) is 1. The normalized spacial score (nSPS) is 11.8. The molecule has 0 fully saturated rings. The van der Waals surface area contributed by atoms with E-state index in [1.165, 1.54) is 0 Å². The summed E-state index contributed by atoms with van der Waals surface area (Å²) in [4.78, 5) is 12.1. The van der Waals surface area contributed by atoms with Crippen LogP contribution in [-0.4, -0.2) is 25.7 Å². The summed E-state index contributed by atoms with van der Waals surface area (Å²) in [5.41, 5.74) is 8.33. The molecule has 0 bridgehead atoms. The van der Waals surface area contributed by atoms with Gasteiger partial charge in [0.05, 0.1) is 18.2 Å². The third-order valence-electron chi connectivity index (χ3n) is 3.66. The molecule has 2 aromatic rings. The number of carbonyl (C=O) groups excluding carboxylic acids is 1. The predicted octanol–water partition coefficient (Wildman–Crippen LogP) is 2.88. The van der Waals surface area contributed by atoms with Crippen molar-refractivity contribution in [1.29, 1.82) is 0 Å². The highest BCUT2D eigenvalue weighted by molar-refractivity contribution is 5.92. The van der Waals surface area contributed by atoms with Crippen LogP contribution in [0.2, 0.25) is 0 Å². The fraction of sp³-hybridized carbons (Fsp3) is 0.316. The maximum Gasteiger partial charge on any atom is 0.227 e. The summed E-state index contributed by atoms with van der Waals surface area (Å²) in [6.45, 7) is 2.72. The number of amides is 1. The van der Waals surface area contributed by atoms with E-state index in [2.05, 4.69) is 5.32 Å². The van der Waals surface area contributed by atoms with Crippen molar-refractivity contribution in [2.24, 2.45) is 5.73 Å². The first-order chi connectivity index (χ1) is 11.6. The Bertz CT molecular complexity index is 655. The minimum atomic E-state index is -0.288. The Kier molecular flexibility index (Phi) is 6.78. The van der Waals surface area contributed by atoms with E-state index >= 15 is 0 Å². The van der Waals surface area contributed by atoms with Crippen LogP contribution >= 0.6 is 0 Å². The molecule has 128 valence electrons. The predicted molar refractivity (Wildman–Crippen MR) is 95.1 cm³/mol. The number of aryl methyl sites for hydroxylation is 1. The van der Waals surface area contributed by atoms with Crippen LogP contribution in [0, 0.1) is 6.92 Å². The molecule has 0 radical (unpaired) electrons. The zero-order chi connectivity index (χ0) is 17.4. The molecule has 0 saturated carbocycles. The first kappa shape index (κ1) is 18.0. The summed E-state index contributed by atoms with van der Waals surface area (Å²) in [7, 11) is 1.55. The van der Waals surface area contributed by atoms with Crippen LogP contribution in [-0.2, 0) is 16.1 Å². The topological polar surface area (TPSA) is 73.6 Å². The third kappa shape index (κ3) is 5.37. The van der Waals surface area contributed by atoms with Gasteiger partial charge in [0.25, 0.3) is 0 Å². The van der Waals surface area contributed by atoms with E-state index in [0.717, 1.165) is 11.1 Å². The molecule has 2 aromatic carbocycles. The molecule has 24 heavy (non-hydrogen) atoms. The van der Waals surface area contributed by atoms with Gasteiger partial charge in [0.2, 0.25) is 5.91 Å². The summed E-state index contributed by atoms with van der Waals surface area (Å²) in [5.74, 6) is 0.495. The van der Waals surface area contributed by atoms with Crippen LogP contribution in [0.4, 0.5) is 5.69 Å². The molecular weight excluding hydrogens is 304 g/mol. The number of ether oxygens (including phenoxy) is 2. The Labute approximate surface area is 142 Å². The van der Waals surface area contributed by atoms with Crippen molar-refractivity contribution in [1.82, 2.24) is 0 Å². The minimum Gasteiger partial charge on any atom is -0.487 e. The lowest BCUT2D eigenvalue weighted by Crippen LogP contribution is -2.28. The lowest BCUT2D eigenvalue weighted by molar-refractivity contribution is -0.118. The fourth-order valence-electron chi connectivity index (χ4n) is 2.26. The van der Waals surface area contributed by atoms with Crippen molar-refractivity contribution in [3.8, 4) is 5.75 Å². The smallest absolute Gasteiger partial charge is 0.227 e. The van der Waals surface area contributed by atoms with E-state index in [-0.39, 0.29) is 18.4 Å². The summed E-state index contributed by atoms with van der Waals surface area (Å²) in [6, 6.07) is 15.6. The summed E-state index contributed by atoms with van der Waals surface area (Å²) >= 11 is 0. The number of anilines is 1. The van der Waals surface area contributed by atoms with Crippen LogP contribution in [0.25, 0.3) is 0 Å². The molecule has 0 heterocycles. The molecule has 5 nitrogen and oxygen atoms in total. The number of rotatable bonds is 8. The fourth-order valence-corrected chi connectivity index (χ4v) is 2.26. The molecule has 3 N–H and O–H groups in total. The zero-order valence-electron chi connectivity index (χ0n) is 14.1. The second-order valence-electron chi connectivity index (χ2n) is 5.62. The number of methoxy groups -OCH3 is 1. The second-order valence-corrected chi connectivity index (χ2v) is 5.62. The van der Waals surface area contributed by atoms with Crippen molar-refractivity contribution in [3.63, 3.8) is 0 Å². The third-order valence-corrected chi connectivity index (χ3v) is 3.66. The van der Waals surface area contributed by atoms with Crippen LogP contribution in [0.5, 0.6) is 5.75 Å². The molecule has 1 unspecified atom stereocenters. The van der Waals surface area contributed by atoms with E-state index < -0.39 is 0 Å². The van der Waals surface area contributed by atoms with Crippen LogP contribution < -0.4 is 15.8 Å². The van der Waals surface area contributed by atoms with Gasteiger partial charge in [0.15, 0.2) is 0 Å². The second kappa shape index (κ2) is 9.05. The van der Waals surface area contributed by atoms with Gasteiger partial charge >= 0.3 is 0 Å². The average molecular weight is 328 g/mol. The van der Waals surface area contributed by atoms with Gasteiger partial charge in [-0.2, -0.15) is 0 Å². The van der Waals surface area contributed by atoms with Gasteiger partial charge in [-0.15, -0.1) is 0 Å². The minimum absolute atomic E-state index is 0.152. The molecule has 0 aromatic heterocycles. The number of hydrogen-bond acceptors (Lipinski definition) is 4. The van der Waals surface area contributed by atoms with Crippen molar-refractivity contribution in [2.75, 3.05) is 19.0 Å². The summed E-state index contributed by atoms with van der Waals surface area (Å²) < 4.78 is 11.0. The van der Waals surface area contributed by atoms with Crippen molar-refractivity contribution in [2.45, 2.75) is 26.1 Å². The number of benzene rings is 2. The monoisotopic (exact) mass is 328 g/mol. The van der Waals surface area contributed by atoms with Crippen LogP contribution in [0.3, 0.4) is 0 Å².